The monoisotopic (exact) mass is 281 g/mol. The SMILES string of the molecule is O=C1OCCC2(CC2)N1c1ccccc1Br. The fourth-order valence-electron chi connectivity index (χ4n) is 2.30. The van der Waals surface area contributed by atoms with Crippen LogP contribution in [-0.2, 0) is 4.74 Å². The molecule has 1 aromatic carbocycles. The van der Waals surface area contributed by atoms with Gasteiger partial charge in [-0.2, -0.15) is 0 Å². The van der Waals surface area contributed by atoms with Crippen LogP contribution in [0.5, 0.6) is 0 Å². The Labute approximate surface area is 103 Å². The molecule has 3 rings (SSSR count). The molecule has 16 heavy (non-hydrogen) atoms. The van der Waals surface area contributed by atoms with Crippen molar-refractivity contribution in [1.82, 2.24) is 0 Å². The Hall–Kier alpha value is -1.03. The number of ether oxygens (including phenoxy) is 1. The molecule has 3 nitrogen and oxygen atoms in total. The molecule has 0 bridgehead atoms. The number of carbonyl (C=O) groups excluding carboxylic acids is 1. The van der Waals surface area contributed by atoms with Crippen LogP contribution in [0.1, 0.15) is 19.3 Å². The molecule has 1 heterocycles. The zero-order valence-corrected chi connectivity index (χ0v) is 10.4. The predicted molar refractivity (Wildman–Crippen MR) is 64.6 cm³/mol. The summed E-state index contributed by atoms with van der Waals surface area (Å²) in [6, 6.07) is 7.80. The first-order valence-corrected chi connectivity index (χ1v) is 6.24. The summed E-state index contributed by atoms with van der Waals surface area (Å²) in [7, 11) is 0. The molecule has 4 heteroatoms. The molecule has 1 aliphatic carbocycles. The van der Waals surface area contributed by atoms with Gasteiger partial charge in [-0.05, 0) is 40.9 Å². The van der Waals surface area contributed by atoms with Gasteiger partial charge in [-0.25, -0.2) is 4.79 Å². The van der Waals surface area contributed by atoms with Gasteiger partial charge >= 0.3 is 6.09 Å². The first-order valence-electron chi connectivity index (χ1n) is 5.44. The van der Waals surface area contributed by atoms with Gasteiger partial charge in [-0.15, -0.1) is 0 Å². The van der Waals surface area contributed by atoms with Crippen LogP contribution in [0.4, 0.5) is 10.5 Å². The third-order valence-electron chi connectivity index (χ3n) is 3.37. The molecule has 2 aliphatic rings. The number of cyclic esters (lactones) is 1. The lowest BCUT2D eigenvalue weighted by atomic mass is 10.1. The Morgan fingerprint density at radius 1 is 1.25 bits per heavy atom. The molecule has 0 radical (unpaired) electrons. The Balaban J connectivity index is 2.04. The molecule has 1 saturated heterocycles. The molecule has 0 unspecified atom stereocenters. The minimum Gasteiger partial charge on any atom is -0.449 e. The number of nitrogens with zero attached hydrogens (tertiary/aromatic N) is 1. The summed E-state index contributed by atoms with van der Waals surface area (Å²) in [6.07, 6.45) is 2.91. The van der Waals surface area contributed by atoms with E-state index in [-0.39, 0.29) is 11.6 Å². The van der Waals surface area contributed by atoms with Crippen LogP contribution in [0.25, 0.3) is 0 Å². The van der Waals surface area contributed by atoms with Crippen LogP contribution < -0.4 is 4.90 Å². The zero-order valence-electron chi connectivity index (χ0n) is 8.78. The van der Waals surface area contributed by atoms with Crippen molar-refractivity contribution >= 4 is 27.7 Å². The summed E-state index contributed by atoms with van der Waals surface area (Å²) in [4.78, 5) is 13.7. The van der Waals surface area contributed by atoms with Crippen molar-refractivity contribution < 1.29 is 9.53 Å². The second kappa shape index (κ2) is 3.48. The predicted octanol–water partition coefficient (Wildman–Crippen LogP) is 3.33. The Kier molecular flexibility index (Phi) is 2.21. The summed E-state index contributed by atoms with van der Waals surface area (Å²) >= 11 is 3.49. The van der Waals surface area contributed by atoms with E-state index in [9.17, 15) is 4.79 Å². The van der Waals surface area contributed by atoms with E-state index in [4.69, 9.17) is 4.74 Å². The van der Waals surface area contributed by atoms with Crippen LogP contribution in [0, 0.1) is 0 Å². The number of hydrogen-bond acceptors (Lipinski definition) is 2. The minimum absolute atomic E-state index is 0.0409. The summed E-state index contributed by atoms with van der Waals surface area (Å²) in [6.45, 7) is 0.555. The molecule has 0 N–H and O–H groups in total. The van der Waals surface area contributed by atoms with Crippen molar-refractivity contribution in [2.24, 2.45) is 0 Å². The van der Waals surface area contributed by atoms with E-state index in [0.29, 0.717) is 6.61 Å². The molecular formula is C12H12BrNO2. The number of carbonyl (C=O) groups is 1. The van der Waals surface area contributed by atoms with E-state index in [1.807, 2.05) is 29.2 Å². The lowest BCUT2D eigenvalue weighted by molar-refractivity contribution is 0.126. The molecule has 1 amide bonds. The van der Waals surface area contributed by atoms with Crippen molar-refractivity contribution in [1.29, 1.82) is 0 Å². The first kappa shape index (κ1) is 10.1. The van der Waals surface area contributed by atoms with Crippen molar-refractivity contribution in [3.05, 3.63) is 28.7 Å². The van der Waals surface area contributed by atoms with E-state index in [0.717, 1.165) is 29.4 Å². The van der Waals surface area contributed by atoms with Crippen molar-refractivity contribution in [2.75, 3.05) is 11.5 Å². The maximum Gasteiger partial charge on any atom is 0.414 e. The van der Waals surface area contributed by atoms with Gasteiger partial charge in [-0.1, -0.05) is 12.1 Å². The van der Waals surface area contributed by atoms with Crippen LogP contribution in [0.2, 0.25) is 0 Å². The number of rotatable bonds is 1. The Morgan fingerprint density at radius 3 is 2.69 bits per heavy atom. The highest BCUT2D eigenvalue weighted by Crippen LogP contribution is 2.50. The highest BCUT2D eigenvalue weighted by molar-refractivity contribution is 9.10. The van der Waals surface area contributed by atoms with Gasteiger partial charge in [0.05, 0.1) is 17.8 Å². The standard InChI is InChI=1S/C12H12BrNO2/c13-9-3-1-2-4-10(9)14-11(15)16-8-7-12(14)5-6-12/h1-4H,5-8H2. The molecule has 1 saturated carbocycles. The maximum atomic E-state index is 11.9. The summed E-state index contributed by atoms with van der Waals surface area (Å²) in [5.74, 6) is 0. The van der Waals surface area contributed by atoms with E-state index in [1.165, 1.54) is 0 Å². The third-order valence-corrected chi connectivity index (χ3v) is 4.04. The van der Waals surface area contributed by atoms with Gasteiger partial charge in [0.1, 0.15) is 0 Å². The first-order chi connectivity index (χ1) is 7.73. The van der Waals surface area contributed by atoms with Gasteiger partial charge in [0, 0.05) is 10.9 Å². The van der Waals surface area contributed by atoms with Crippen LogP contribution in [0.15, 0.2) is 28.7 Å². The van der Waals surface area contributed by atoms with Crippen molar-refractivity contribution in [2.45, 2.75) is 24.8 Å². The average Bonchev–Trinajstić information content (AvgIpc) is 3.01. The molecule has 1 spiro atoms. The van der Waals surface area contributed by atoms with Crippen molar-refractivity contribution in [3.8, 4) is 0 Å². The smallest absolute Gasteiger partial charge is 0.414 e. The number of amides is 1. The molecule has 1 aliphatic heterocycles. The zero-order chi connectivity index (χ0) is 11.2. The average molecular weight is 282 g/mol. The number of halogens is 1. The number of para-hydroxylation sites is 1. The van der Waals surface area contributed by atoms with Crippen LogP contribution >= 0.6 is 15.9 Å². The van der Waals surface area contributed by atoms with Gasteiger partial charge in [0.15, 0.2) is 0 Å². The Morgan fingerprint density at radius 2 is 2.00 bits per heavy atom. The molecule has 0 aromatic heterocycles. The fraction of sp³-hybridized carbons (Fsp3) is 0.417. The highest BCUT2D eigenvalue weighted by Gasteiger charge is 2.53. The maximum absolute atomic E-state index is 11.9. The quantitative estimate of drug-likeness (QED) is 0.790. The molecular weight excluding hydrogens is 270 g/mol. The van der Waals surface area contributed by atoms with Gasteiger partial charge < -0.3 is 4.74 Å². The lowest BCUT2D eigenvalue weighted by Gasteiger charge is -2.35. The van der Waals surface area contributed by atoms with Gasteiger partial charge in [0.25, 0.3) is 0 Å². The van der Waals surface area contributed by atoms with E-state index in [2.05, 4.69) is 15.9 Å². The molecule has 84 valence electrons. The molecule has 1 aromatic rings. The Bertz CT molecular complexity index is 442. The van der Waals surface area contributed by atoms with Crippen LogP contribution in [0.3, 0.4) is 0 Å². The van der Waals surface area contributed by atoms with E-state index < -0.39 is 0 Å². The normalized spacial score (nSPS) is 22.1. The minimum atomic E-state index is -0.212. The lowest BCUT2D eigenvalue weighted by Crippen LogP contribution is -2.48. The topological polar surface area (TPSA) is 29.5 Å². The fourth-order valence-corrected chi connectivity index (χ4v) is 2.77. The third kappa shape index (κ3) is 1.44. The van der Waals surface area contributed by atoms with Gasteiger partial charge in [0.2, 0.25) is 0 Å². The largest absolute Gasteiger partial charge is 0.449 e. The molecule has 2 fully saturated rings. The van der Waals surface area contributed by atoms with E-state index in [1.54, 1.807) is 0 Å². The van der Waals surface area contributed by atoms with Crippen molar-refractivity contribution in [3.63, 3.8) is 0 Å². The second-order valence-corrected chi connectivity index (χ2v) is 5.23. The number of benzene rings is 1. The second-order valence-electron chi connectivity index (χ2n) is 4.38. The number of hydrogen-bond donors (Lipinski definition) is 0. The highest BCUT2D eigenvalue weighted by atomic mass is 79.9. The summed E-state index contributed by atoms with van der Waals surface area (Å²) in [5.41, 5.74) is 0.962. The number of anilines is 1. The summed E-state index contributed by atoms with van der Waals surface area (Å²) in [5, 5.41) is 0. The van der Waals surface area contributed by atoms with E-state index >= 15 is 0 Å². The van der Waals surface area contributed by atoms with Crippen LogP contribution in [-0.4, -0.2) is 18.2 Å². The van der Waals surface area contributed by atoms with Gasteiger partial charge in [-0.3, -0.25) is 4.90 Å². The molecule has 0 atom stereocenters. The summed E-state index contributed by atoms with van der Waals surface area (Å²) < 4.78 is 6.09.